The predicted octanol–water partition coefficient (Wildman–Crippen LogP) is 4.81. The number of carbonyl (C=O) groups excluding carboxylic acids is 2. The first kappa shape index (κ1) is 23.4. The fourth-order valence-corrected chi connectivity index (χ4v) is 3.82. The molecule has 176 valence electrons. The summed E-state index contributed by atoms with van der Waals surface area (Å²) in [5.41, 5.74) is 8.05. The lowest BCUT2D eigenvalue weighted by Gasteiger charge is -2.17. The number of amides is 2. The van der Waals surface area contributed by atoms with Crippen LogP contribution in [0.1, 0.15) is 18.9 Å². The minimum Gasteiger partial charge on any atom is -0.490 e. The second-order valence-corrected chi connectivity index (χ2v) is 8.30. The number of para-hydroxylation sites is 1. The molecule has 0 radical (unpaired) electrons. The third-order valence-corrected chi connectivity index (χ3v) is 5.70. The van der Waals surface area contributed by atoms with Gasteiger partial charge in [0.2, 0.25) is 11.8 Å². The second kappa shape index (κ2) is 10.9. The quantitative estimate of drug-likeness (QED) is 0.430. The number of anilines is 2. The Morgan fingerprint density at radius 1 is 1.03 bits per heavy atom. The molecule has 1 heterocycles. The maximum Gasteiger partial charge on any atom is 0.243 e. The molecule has 1 saturated heterocycles. The highest BCUT2D eigenvalue weighted by Crippen LogP contribution is 2.31. The van der Waals surface area contributed by atoms with E-state index in [0.29, 0.717) is 42.0 Å². The molecular weight excluding hydrogens is 454 g/mol. The van der Waals surface area contributed by atoms with E-state index in [1.165, 1.54) is 0 Å². The first-order valence-corrected chi connectivity index (χ1v) is 11.5. The van der Waals surface area contributed by atoms with Gasteiger partial charge in [0, 0.05) is 29.7 Å². The first-order chi connectivity index (χ1) is 16.5. The lowest BCUT2D eigenvalue weighted by Crippen LogP contribution is -2.36. The average Bonchev–Trinajstić information content (AvgIpc) is 3.25. The van der Waals surface area contributed by atoms with Crippen LogP contribution in [0, 0.1) is 5.92 Å². The van der Waals surface area contributed by atoms with Gasteiger partial charge in [-0.3, -0.25) is 20.4 Å². The largest absolute Gasteiger partial charge is 0.490 e. The molecule has 1 aliphatic rings. The van der Waals surface area contributed by atoms with Crippen LogP contribution < -0.4 is 25.2 Å². The molecule has 3 aromatic carbocycles. The summed E-state index contributed by atoms with van der Waals surface area (Å²) in [6, 6.07) is 22.1. The van der Waals surface area contributed by atoms with Gasteiger partial charge in [0.05, 0.1) is 18.2 Å². The molecule has 8 heteroatoms. The Hall–Kier alpha value is -3.71. The lowest BCUT2D eigenvalue weighted by atomic mass is 10.1. The molecule has 0 aromatic heterocycles. The maximum absolute atomic E-state index is 12.7. The smallest absolute Gasteiger partial charge is 0.243 e. The van der Waals surface area contributed by atoms with Gasteiger partial charge in [-0.05, 0) is 48.9 Å². The third kappa shape index (κ3) is 5.80. The molecule has 1 aliphatic heterocycles. The van der Waals surface area contributed by atoms with Crippen molar-refractivity contribution in [2.24, 2.45) is 5.92 Å². The van der Waals surface area contributed by atoms with Gasteiger partial charge in [-0.1, -0.05) is 41.9 Å². The van der Waals surface area contributed by atoms with Crippen molar-refractivity contribution in [1.29, 1.82) is 0 Å². The molecule has 34 heavy (non-hydrogen) atoms. The van der Waals surface area contributed by atoms with Gasteiger partial charge in [-0.2, -0.15) is 0 Å². The van der Waals surface area contributed by atoms with Gasteiger partial charge in [-0.15, -0.1) is 0 Å². The molecule has 7 nitrogen and oxygen atoms in total. The van der Waals surface area contributed by atoms with Crippen molar-refractivity contribution in [2.75, 3.05) is 23.5 Å². The third-order valence-electron chi connectivity index (χ3n) is 5.44. The molecule has 0 saturated carbocycles. The normalized spacial score (nSPS) is 15.2. The number of hydrogen-bond donors (Lipinski definition) is 2. The highest BCUT2D eigenvalue weighted by molar-refractivity contribution is 6.30. The van der Waals surface area contributed by atoms with E-state index in [1.54, 1.807) is 23.1 Å². The molecule has 1 atom stereocenters. The van der Waals surface area contributed by atoms with Crippen molar-refractivity contribution < 1.29 is 19.1 Å². The number of rotatable bonds is 9. The van der Waals surface area contributed by atoms with Crippen LogP contribution in [0.4, 0.5) is 11.4 Å². The number of carbonyl (C=O) groups is 2. The Morgan fingerprint density at radius 2 is 1.79 bits per heavy atom. The zero-order chi connectivity index (χ0) is 23.9. The number of hydrogen-bond acceptors (Lipinski definition) is 5. The topological polar surface area (TPSA) is 79.9 Å². The minimum atomic E-state index is -0.437. The zero-order valence-corrected chi connectivity index (χ0v) is 19.5. The number of halogens is 1. The van der Waals surface area contributed by atoms with Crippen molar-refractivity contribution in [3.63, 3.8) is 0 Å². The molecule has 2 N–H and O–H groups in total. The van der Waals surface area contributed by atoms with Crippen molar-refractivity contribution in [3.8, 4) is 11.5 Å². The van der Waals surface area contributed by atoms with Gasteiger partial charge in [0.1, 0.15) is 6.61 Å². The molecule has 0 aliphatic carbocycles. The van der Waals surface area contributed by atoms with Crippen molar-refractivity contribution in [3.05, 3.63) is 83.4 Å². The van der Waals surface area contributed by atoms with Crippen LogP contribution in [0.5, 0.6) is 11.5 Å². The van der Waals surface area contributed by atoms with E-state index in [4.69, 9.17) is 21.1 Å². The van der Waals surface area contributed by atoms with E-state index in [2.05, 4.69) is 10.9 Å². The summed E-state index contributed by atoms with van der Waals surface area (Å²) < 4.78 is 11.6. The fourth-order valence-electron chi connectivity index (χ4n) is 3.69. The van der Waals surface area contributed by atoms with E-state index in [0.717, 1.165) is 11.3 Å². The maximum atomic E-state index is 12.7. The zero-order valence-electron chi connectivity index (χ0n) is 18.8. The summed E-state index contributed by atoms with van der Waals surface area (Å²) in [6.45, 7) is 3.07. The highest BCUT2D eigenvalue weighted by Gasteiger charge is 2.35. The molecule has 0 bridgehead atoms. The predicted molar refractivity (Wildman–Crippen MR) is 132 cm³/mol. The van der Waals surface area contributed by atoms with Gasteiger partial charge < -0.3 is 14.4 Å². The summed E-state index contributed by atoms with van der Waals surface area (Å²) in [6.07, 6.45) is 0.171. The van der Waals surface area contributed by atoms with Crippen LogP contribution in [0.2, 0.25) is 5.02 Å². The summed E-state index contributed by atoms with van der Waals surface area (Å²) in [7, 11) is 0. The molecule has 2 amide bonds. The monoisotopic (exact) mass is 479 g/mol. The second-order valence-electron chi connectivity index (χ2n) is 7.86. The summed E-state index contributed by atoms with van der Waals surface area (Å²) in [5.74, 6) is 0.407. The molecule has 0 unspecified atom stereocenters. The number of benzene rings is 3. The SMILES string of the molecule is CCOc1cc(NNC(=O)[C@@H]2CC(=O)N(c3ccccc3)C2)ccc1OCc1ccc(Cl)cc1. The van der Waals surface area contributed by atoms with E-state index in [-0.39, 0.29) is 18.2 Å². The summed E-state index contributed by atoms with van der Waals surface area (Å²) in [5, 5.41) is 0.672. The Balaban J connectivity index is 1.35. The van der Waals surface area contributed by atoms with Crippen LogP contribution in [0.3, 0.4) is 0 Å². The van der Waals surface area contributed by atoms with E-state index >= 15 is 0 Å². The van der Waals surface area contributed by atoms with Gasteiger partial charge >= 0.3 is 0 Å². The fraction of sp³-hybridized carbons (Fsp3) is 0.231. The molecular formula is C26H26ClN3O4. The minimum absolute atomic E-state index is 0.0628. The van der Waals surface area contributed by atoms with Crippen molar-refractivity contribution in [2.45, 2.75) is 20.0 Å². The Labute approximate surface area is 203 Å². The van der Waals surface area contributed by atoms with Crippen LogP contribution in [-0.4, -0.2) is 25.0 Å². The van der Waals surface area contributed by atoms with Crippen LogP contribution in [0.15, 0.2) is 72.8 Å². The van der Waals surface area contributed by atoms with E-state index in [9.17, 15) is 9.59 Å². The van der Waals surface area contributed by atoms with Crippen molar-refractivity contribution in [1.82, 2.24) is 5.43 Å². The first-order valence-electron chi connectivity index (χ1n) is 11.1. The van der Waals surface area contributed by atoms with Crippen LogP contribution in [0.25, 0.3) is 0 Å². The van der Waals surface area contributed by atoms with Gasteiger partial charge in [0.15, 0.2) is 11.5 Å². The number of nitrogens with zero attached hydrogens (tertiary/aromatic N) is 1. The van der Waals surface area contributed by atoms with Crippen LogP contribution in [-0.2, 0) is 16.2 Å². The average molecular weight is 480 g/mol. The van der Waals surface area contributed by atoms with E-state index in [1.807, 2.05) is 61.5 Å². The van der Waals surface area contributed by atoms with E-state index < -0.39 is 5.92 Å². The molecule has 1 fully saturated rings. The number of ether oxygens (including phenoxy) is 2. The molecule has 3 aromatic rings. The summed E-state index contributed by atoms with van der Waals surface area (Å²) >= 11 is 5.93. The lowest BCUT2D eigenvalue weighted by molar-refractivity contribution is -0.125. The molecule has 0 spiro atoms. The Morgan fingerprint density at radius 3 is 2.53 bits per heavy atom. The standard InChI is InChI=1S/C26H26ClN3O4/c1-2-33-24-15-21(12-13-23(24)34-17-18-8-10-20(27)11-9-18)28-29-26(32)19-14-25(31)30(16-19)22-6-4-3-5-7-22/h3-13,15,19,28H,2,14,16-17H2,1H3,(H,29,32)/t19-/m1/s1. The number of nitrogens with one attached hydrogen (secondary N) is 2. The Bertz CT molecular complexity index is 1140. The Kier molecular flexibility index (Phi) is 7.54. The van der Waals surface area contributed by atoms with Gasteiger partial charge in [0.25, 0.3) is 0 Å². The summed E-state index contributed by atoms with van der Waals surface area (Å²) in [4.78, 5) is 26.7. The molecule has 4 rings (SSSR count). The number of hydrazine groups is 1. The van der Waals surface area contributed by atoms with Gasteiger partial charge in [-0.25, -0.2) is 0 Å². The van der Waals surface area contributed by atoms with Crippen molar-refractivity contribution >= 4 is 34.8 Å². The van der Waals surface area contributed by atoms with Crippen LogP contribution >= 0.6 is 11.6 Å². The highest BCUT2D eigenvalue weighted by atomic mass is 35.5.